The molecule has 6 nitrogen and oxygen atoms in total. The predicted molar refractivity (Wildman–Crippen MR) is 95.8 cm³/mol. The van der Waals surface area contributed by atoms with E-state index in [2.05, 4.69) is 15.3 Å². The zero-order valence-electron chi connectivity index (χ0n) is 13.6. The van der Waals surface area contributed by atoms with Crippen LogP contribution in [0.2, 0.25) is 0 Å². The van der Waals surface area contributed by atoms with Crippen LogP contribution in [0, 0.1) is 6.92 Å². The molecule has 0 spiro atoms. The standard InChI is InChI=1S/C16H14F2N4O2S2/c1-9-13(14-19-6-7-22(14)15(17)18)26-16(20-9)21-12(24)5-4-10(23)11-3-2-8-25-11/h2-3,6-8,15H,4-5H2,1H3,(H,20,21,24). The van der Waals surface area contributed by atoms with Gasteiger partial charge in [-0.3, -0.25) is 14.2 Å². The minimum atomic E-state index is -2.71. The Morgan fingerprint density at radius 1 is 1.35 bits per heavy atom. The molecular weight excluding hydrogens is 382 g/mol. The van der Waals surface area contributed by atoms with Crippen LogP contribution in [0.3, 0.4) is 0 Å². The summed E-state index contributed by atoms with van der Waals surface area (Å²) in [6.45, 7) is -1.05. The van der Waals surface area contributed by atoms with Crippen molar-refractivity contribution in [3.05, 3.63) is 40.5 Å². The third-order valence-corrected chi connectivity index (χ3v) is 5.48. The van der Waals surface area contributed by atoms with Crippen molar-refractivity contribution >= 4 is 39.5 Å². The van der Waals surface area contributed by atoms with Crippen molar-refractivity contribution in [2.45, 2.75) is 26.3 Å². The third-order valence-electron chi connectivity index (χ3n) is 3.50. The molecule has 0 bridgehead atoms. The van der Waals surface area contributed by atoms with Gasteiger partial charge >= 0.3 is 6.55 Å². The first-order chi connectivity index (χ1) is 12.5. The number of nitrogens with zero attached hydrogens (tertiary/aromatic N) is 3. The number of amides is 1. The smallest absolute Gasteiger partial charge is 0.302 e. The number of imidazole rings is 1. The second-order valence-electron chi connectivity index (χ2n) is 5.32. The van der Waals surface area contributed by atoms with Crippen LogP contribution in [0.15, 0.2) is 29.9 Å². The number of carbonyl (C=O) groups is 2. The Labute approximate surface area is 155 Å². The zero-order valence-corrected chi connectivity index (χ0v) is 15.2. The second kappa shape index (κ2) is 7.83. The number of rotatable bonds is 7. The van der Waals surface area contributed by atoms with Crippen LogP contribution in [-0.2, 0) is 4.79 Å². The number of ketones is 1. The number of nitrogens with one attached hydrogen (secondary N) is 1. The molecule has 0 saturated heterocycles. The highest BCUT2D eigenvalue weighted by Crippen LogP contribution is 2.33. The maximum absolute atomic E-state index is 13.0. The van der Waals surface area contributed by atoms with Crippen molar-refractivity contribution in [1.82, 2.24) is 14.5 Å². The normalized spacial score (nSPS) is 11.1. The van der Waals surface area contributed by atoms with Crippen LogP contribution in [0.4, 0.5) is 13.9 Å². The summed E-state index contributed by atoms with van der Waals surface area (Å²) in [4.78, 5) is 33.2. The zero-order chi connectivity index (χ0) is 18.7. The minimum Gasteiger partial charge on any atom is -0.302 e. The summed E-state index contributed by atoms with van der Waals surface area (Å²) in [6, 6.07) is 3.49. The fourth-order valence-corrected chi connectivity index (χ4v) is 3.95. The van der Waals surface area contributed by atoms with Crippen molar-refractivity contribution < 1.29 is 18.4 Å². The molecule has 0 aliphatic carbocycles. The van der Waals surface area contributed by atoms with Gasteiger partial charge in [-0.1, -0.05) is 17.4 Å². The quantitative estimate of drug-likeness (QED) is 0.602. The molecule has 1 amide bonds. The molecule has 0 fully saturated rings. The summed E-state index contributed by atoms with van der Waals surface area (Å²) >= 11 is 2.40. The Morgan fingerprint density at radius 2 is 2.15 bits per heavy atom. The van der Waals surface area contributed by atoms with Crippen LogP contribution in [0.25, 0.3) is 10.7 Å². The van der Waals surface area contributed by atoms with Crippen LogP contribution in [-0.4, -0.2) is 26.2 Å². The minimum absolute atomic E-state index is 0.0242. The Bertz CT molecular complexity index is 919. The summed E-state index contributed by atoms with van der Waals surface area (Å²) in [5.74, 6) is -0.346. The number of hydrogen-bond donors (Lipinski definition) is 1. The lowest BCUT2D eigenvalue weighted by molar-refractivity contribution is -0.116. The third kappa shape index (κ3) is 4.02. The average molecular weight is 396 g/mol. The van der Waals surface area contributed by atoms with E-state index in [1.54, 1.807) is 24.4 Å². The van der Waals surface area contributed by atoms with E-state index >= 15 is 0 Å². The first-order valence-electron chi connectivity index (χ1n) is 7.61. The number of hydrogen-bond acceptors (Lipinski definition) is 6. The van der Waals surface area contributed by atoms with E-state index in [0.717, 1.165) is 15.9 Å². The number of aromatic nitrogens is 3. The molecule has 1 N–H and O–H groups in total. The topological polar surface area (TPSA) is 76.9 Å². The van der Waals surface area contributed by atoms with Gasteiger partial charge in [0, 0.05) is 25.2 Å². The Hall–Kier alpha value is -2.46. The highest BCUT2D eigenvalue weighted by atomic mass is 32.1. The molecule has 0 unspecified atom stereocenters. The lowest BCUT2D eigenvalue weighted by atomic mass is 10.2. The van der Waals surface area contributed by atoms with E-state index < -0.39 is 6.55 Å². The highest BCUT2D eigenvalue weighted by Gasteiger charge is 2.19. The van der Waals surface area contributed by atoms with Gasteiger partial charge in [0.1, 0.15) is 0 Å². The number of Topliss-reactive ketones (excluding diaryl/α,β-unsaturated/α-hetero) is 1. The largest absolute Gasteiger partial charge is 0.320 e. The summed E-state index contributed by atoms with van der Waals surface area (Å²) in [6.07, 6.45) is 2.60. The van der Waals surface area contributed by atoms with Crippen molar-refractivity contribution in [2.24, 2.45) is 0 Å². The van der Waals surface area contributed by atoms with Gasteiger partial charge in [0.05, 0.1) is 15.4 Å². The van der Waals surface area contributed by atoms with Gasteiger partial charge in [-0.25, -0.2) is 9.97 Å². The molecule has 3 heterocycles. The van der Waals surface area contributed by atoms with Crippen molar-refractivity contribution in [2.75, 3.05) is 5.32 Å². The van der Waals surface area contributed by atoms with Gasteiger partial charge in [-0.05, 0) is 18.4 Å². The number of thiazole rings is 1. The van der Waals surface area contributed by atoms with Gasteiger partial charge in [0.2, 0.25) is 5.91 Å². The van der Waals surface area contributed by atoms with Crippen LogP contribution in [0.1, 0.15) is 34.8 Å². The first kappa shape index (κ1) is 18.3. The number of halogens is 2. The fourth-order valence-electron chi connectivity index (χ4n) is 2.27. The van der Waals surface area contributed by atoms with Crippen LogP contribution >= 0.6 is 22.7 Å². The molecule has 3 aromatic rings. The van der Waals surface area contributed by atoms with Gasteiger partial charge in [0.25, 0.3) is 0 Å². The summed E-state index contributed by atoms with van der Waals surface area (Å²) in [5.41, 5.74) is 0.494. The Morgan fingerprint density at radius 3 is 2.85 bits per heavy atom. The molecule has 0 saturated carbocycles. The van der Waals surface area contributed by atoms with E-state index in [0.29, 0.717) is 15.4 Å². The number of anilines is 1. The van der Waals surface area contributed by atoms with E-state index in [4.69, 9.17) is 0 Å². The molecule has 136 valence electrons. The van der Waals surface area contributed by atoms with E-state index in [9.17, 15) is 18.4 Å². The molecule has 0 aliphatic heterocycles. The van der Waals surface area contributed by atoms with Gasteiger partial charge in [-0.2, -0.15) is 8.78 Å². The van der Waals surface area contributed by atoms with Crippen LogP contribution < -0.4 is 5.32 Å². The molecular formula is C16H14F2N4O2S2. The number of carbonyl (C=O) groups excluding carboxylic acids is 2. The highest BCUT2D eigenvalue weighted by molar-refractivity contribution is 7.19. The summed E-state index contributed by atoms with van der Waals surface area (Å²) in [5, 5.41) is 4.70. The molecule has 10 heteroatoms. The summed E-state index contributed by atoms with van der Waals surface area (Å²) < 4.78 is 26.7. The molecule has 26 heavy (non-hydrogen) atoms. The second-order valence-corrected chi connectivity index (χ2v) is 7.26. The van der Waals surface area contributed by atoms with Gasteiger partial charge in [-0.15, -0.1) is 11.3 Å². The number of alkyl halides is 2. The number of thiophene rings is 1. The maximum Gasteiger partial charge on any atom is 0.320 e. The van der Waals surface area contributed by atoms with E-state index in [1.165, 1.54) is 23.7 Å². The molecule has 0 aliphatic rings. The van der Waals surface area contributed by atoms with Crippen molar-refractivity contribution in [3.8, 4) is 10.7 Å². The molecule has 0 radical (unpaired) electrons. The molecule has 3 aromatic heterocycles. The van der Waals surface area contributed by atoms with Crippen molar-refractivity contribution in [1.29, 1.82) is 0 Å². The summed E-state index contributed by atoms with van der Waals surface area (Å²) in [7, 11) is 0. The maximum atomic E-state index is 13.0. The Kier molecular flexibility index (Phi) is 5.52. The Balaban J connectivity index is 1.65. The van der Waals surface area contributed by atoms with Crippen molar-refractivity contribution in [3.63, 3.8) is 0 Å². The number of aryl methyl sites for hydroxylation is 1. The first-order valence-corrected chi connectivity index (χ1v) is 9.30. The lowest BCUT2D eigenvalue weighted by Crippen LogP contribution is -2.13. The SMILES string of the molecule is Cc1nc(NC(=O)CCC(=O)c2cccs2)sc1-c1nccn1C(F)F. The van der Waals surface area contributed by atoms with E-state index in [1.807, 2.05) is 0 Å². The fraction of sp³-hybridized carbons (Fsp3) is 0.250. The van der Waals surface area contributed by atoms with Gasteiger partial charge < -0.3 is 5.32 Å². The van der Waals surface area contributed by atoms with Gasteiger partial charge in [0.15, 0.2) is 16.7 Å². The molecule has 3 rings (SSSR count). The molecule has 0 atom stereocenters. The monoisotopic (exact) mass is 396 g/mol. The average Bonchev–Trinajstić information content (AvgIpc) is 3.32. The lowest BCUT2D eigenvalue weighted by Gasteiger charge is -2.04. The van der Waals surface area contributed by atoms with E-state index in [-0.39, 0.29) is 35.5 Å². The molecule has 0 aromatic carbocycles. The predicted octanol–water partition coefficient (Wildman–Crippen LogP) is 4.37. The van der Waals surface area contributed by atoms with Crippen LogP contribution in [0.5, 0.6) is 0 Å².